The van der Waals surface area contributed by atoms with Gasteiger partial charge in [0.15, 0.2) is 0 Å². The highest BCUT2D eigenvalue weighted by Crippen LogP contribution is 2.26. The average Bonchev–Trinajstić information content (AvgIpc) is 2.07. The fraction of sp³-hybridized carbons (Fsp3) is 0.333. The van der Waals surface area contributed by atoms with Gasteiger partial charge in [0.2, 0.25) is 9.05 Å². The topological polar surface area (TPSA) is 34.1 Å². The third kappa shape index (κ3) is 4.19. The monoisotopic (exact) mass is 286 g/mol. The Balaban J connectivity index is 2.91. The summed E-state index contributed by atoms with van der Waals surface area (Å²) in [5, 5.41) is 0.885. The van der Waals surface area contributed by atoms with Crippen LogP contribution in [-0.4, -0.2) is 14.2 Å². The van der Waals surface area contributed by atoms with E-state index in [4.69, 9.17) is 33.9 Å². The molecule has 6 heteroatoms. The van der Waals surface area contributed by atoms with Crippen LogP contribution in [0.5, 0.6) is 0 Å². The van der Waals surface area contributed by atoms with Crippen LogP contribution in [0.3, 0.4) is 0 Å². The second-order valence-corrected chi connectivity index (χ2v) is 6.90. The Morgan fingerprint density at radius 2 is 1.73 bits per heavy atom. The van der Waals surface area contributed by atoms with Crippen molar-refractivity contribution in [2.45, 2.75) is 13.3 Å². The molecule has 0 aliphatic rings. The van der Waals surface area contributed by atoms with Crippen LogP contribution in [0.2, 0.25) is 10.0 Å². The van der Waals surface area contributed by atoms with Crippen molar-refractivity contribution in [1.29, 1.82) is 0 Å². The van der Waals surface area contributed by atoms with E-state index in [-0.39, 0.29) is 5.75 Å². The third-order valence-corrected chi connectivity index (χ3v) is 3.87. The molecule has 0 amide bonds. The van der Waals surface area contributed by atoms with Gasteiger partial charge in [0.05, 0.1) is 15.8 Å². The molecule has 84 valence electrons. The number of rotatable bonds is 3. The predicted octanol–water partition coefficient (Wildman–Crippen LogP) is 3.41. The summed E-state index contributed by atoms with van der Waals surface area (Å²) < 4.78 is 21.5. The first kappa shape index (κ1) is 13.1. The standard InChI is InChI=1S/C9H9Cl3O2S/c1-6-4-8(10)9(11)5-7(6)2-3-15(12,13)14/h4-5H,2-3H2,1H3. The molecule has 1 aromatic carbocycles. The van der Waals surface area contributed by atoms with Gasteiger partial charge in [0, 0.05) is 10.7 Å². The number of benzene rings is 1. The zero-order valence-electron chi connectivity index (χ0n) is 7.93. The van der Waals surface area contributed by atoms with Crippen LogP contribution in [0.15, 0.2) is 12.1 Å². The second kappa shape index (κ2) is 4.91. The van der Waals surface area contributed by atoms with Crippen molar-refractivity contribution < 1.29 is 8.42 Å². The molecule has 15 heavy (non-hydrogen) atoms. The molecule has 0 atom stereocenters. The number of halogens is 3. The summed E-state index contributed by atoms with van der Waals surface area (Å²) in [6.45, 7) is 1.85. The second-order valence-electron chi connectivity index (χ2n) is 3.19. The summed E-state index contributed by atoms with van der Waals surface area (Å²) in [5.41, 5.74) is 1.75. The first-order valence-corrected chi connectivity index (χ1v) is 7.40. The van der Waals surface area contributed by atoms with Crippen molar-refractivity contribution in [3.05, 3.63) is 33.3 Å². The molecule has 0 saturated heterocycles. The third-order valence-electron chi connectivity index (χ3n) is 1.99. The Hall–Kier alpha value is 0.0400. The molecule has 1 rings (SSSR count). The van der Waals surface area contributed by atoms with Crippen molar-refractivity contribution in [3.63, 3.8) is 0 Å². The van der Waals surface area contributed by atoms with Crippen LogP contribution in [0, 0.1) is 6.92 Å². The molecule has 0 fully saturated rings. The summed E-state index contributed by atoms with van der Waals surface area (Å²) in [7, 11) is 1.65. The molecule has 2 nitrogen and oxygen atoms in total. The summed E-state index contributed by atoms with van der Waals surface area (Å²) in [6.07, 6.45) is 0.342. The summed E-state index contributed by atoms with van der Waals surface area (Å²) in [4.78, 5) is 0. The van der Waals surface area contributed by atoms with Crippen LogP contribution in [-0.2, 0) is 15.5 Å². The van der Waals surface area contributed by atoms with E-state index < -0.39 is 9.05 Å². The molecule has 0 heterocycles. The Labute approximate surface area is 104 Å². The predicted molar refractivity (Wildman–Crippen MR) is 64.5 cm³/mol. The Bertz CT molecular complexity index is 468. The lowest BCUT2D eigenvalue weighted by atomic mass is 10.1. The lowest BCUT2D eigenvalue weighted by Crippen LogP contribution is -2.02. The largest absolute Gasteiger partial charge is 0.232 e. The van der Waals surface area contributed by atoms with Gasteiger partial charge in [-0.3, -0.25) is 0 Å². The van der Waals surface area contributed by atoms with Crippen molar-refractivity contribution in [2.75, 3.05) is 5.75 Å². The molecule has 0 aliphatic heterocycles. The van der Waals surface area contributed by atoms with E-state index in [0.29, 0.717) is 16.5 Å². The SMILES string of the molecule is Cc1cc(Cl)c(Cl)cc1CCS(=O)(=O)Cl. The van der Waals surface area contributed by atoms with Crippen LogP contribution in [0.1, 0.15) is 11.1 Å². The minimum Gasteiger partial charge on any atom is -0.212 e. The van der Waals surface area contributed by atoms with E-state index in [1.165, 1.54) is 0 Å². The smallest absolute Gasteiger partial charge is 0.212 e. The highest BCUT2D eigenvalue weighted by molar-refractivity contribution is 8.13. The summed E-state index contributed by atoms with van der Waals surface area (Å²) in [6, 6.07) is 3.38. The molecule has 0 spiro atoms. The summed E-state index contributed by atoms with van der Waals surface area (Å²) in [5.74, 6) is -0.104. The van der Waals surface area contributed by atoms with Gasteiger partial charge in [-0.05, 0) is 36.6 Å². The van der Waals surface area contributed by atoms with E-state index in [1.807, 2.05) is 6.92 Å². The van der Waals surface area contributed by atoms with Gasteiger partial charge in [-0.15, -0.1) is 0 Å². The van der Waals surface area contributed by atoms with Gasteiger partial charge in [0.25, 0.3) is 0 Å². The fourth-order valence-corrected chi connectivity index (χ4v) is 2.29. The molecule has 0 aliphatic carbocycles. The maximum Gasteiger partial charge on any atom is 0.232 e. The van der Waals surface area contributed by atoms with E-state index >= 15 is 0 Å². The van der Waals surface area contributed by atoms with E-state index in [1.54, 1.807) is 12.1 Å². The summed E-state index contributed by atoms with van der Waals surface area (Å²) >= 11 is 11.6. The fourth-order valence-electron chi connectivity index (χ4n) is 1.19. The minimum atomic E-state index is -3.47. The van der Waals surface area contributed by atoms with Crippen LogP contribution >= 0.6 is 33.9 Å². The molecule has 1 aromatic rings. The van der Waals surface area contributed by atoms with Gasteiger partial charge < -0.3 is 0 Å². The molecule has 0 saturated carbocycles. The molecule has 0 aromatic heterocycles. The van der Waals surface area contributed by atoms with Crippen molar-refractivity contribution in [3.8, 4) is 0 Å². The van der Waals surface area contributed by atoms with Crippen molar-refractivity contribution in [2.24, 2.45) is 0 Å². The van der Waals surface area contributed by atoms with Crippen LogP contribution < -0.4 is 0 Å². The maximum atomic E-state index is 10.8. The first-order chi connectivity index (χ1) is 6.79. The van der Waals surface area contributed by atoms with Crippen LogP contribution in [0.4, 0.5) is 0 Å². The number of aryl methyl sites for hydroxylation is 2. The van der Waals surface area contributed by atoms with Gasteiger partial charge in [0.1, 0.15) is 0 Å². The molecule has 0 unspecified atom stereocenters. The maximum absolute atomic E-state index is 10.8. The van der Waals surface area contributed by atoms with Gasteiger partial charge >= 0.3 is 0 Å². The molecule has 0 N–H and O–H groups in total. The first-order valence-electron chi connectivity index (χ1n) is 4.16. The van der Waals surface area contributed by atoms with Gasteiger partial charge in [-0.25, -0.2) is 8.42 Å². The van der Waals surface area contributed by atoms with Crippen LogP contribution in [0.25, 0.3) is 0 Å². The molecular weight excluding hydrogens is 279 g/mol. The Kier molecular flexibility index (Phi) is 4.29. The average molecular weight is 288 g/mol. The van der Waals surface area contributed by atoms with Gasteiger partial charge in [-0.2, -0.15) is 0 Å². The zero-order chi connectivity index (χ0) is 11.6. The van der Waals surface area contributed by atoms with E-state index in [9.17, 15) is 8.42 Å². The molecule has 0 radical (unpaired) electrons. The van der Waals surface area contributed by atoms with Gasteiger partial charge in [-0.1, -0.05) is 23.2 Å². The van der Waals surface area contributed by atoms with Crippen molar-refractivity contribution >= 4 is 42.9 Å². The normalized spacial score (nSPS) is 11.7. The highest BCUT2D eigenvalue weighted by Gasteiger charge is 2.09. The Morgan fingerprint density at radius 3 is 2.27 bits per heavy atom. The lowest BCUT2D eigenvalue weighted by molar-refractivity contribution is 0.609. The van der Waals surface area contributed by atoms with E-state index in [2.05, 4.69) is 0 Å². The molecule has 0 bridgehead atoms. The highest BCUT2D eigenvalue weighted by atomic mass is 35.7. The minimum absolute atomic E-state index is 0.104. The Morgan fingerprint density at radius 1 is 1.20 bits per heavy atom. The number of hydrogen-bond acceptors (Lipinski definition) is 2. The zero-order valence-corrected chi connectivity index (χ0v) is 11.0. The van der Waals surface area contributed by atoms with E-state index in [0.717, 1.165) is 11.1 Å². The van der Waals surface area contributed by atoms with Crippen molar-refractivity contribution in [1.82, 2.24) is 0 Å². The quantitative estimate of drug-likeness (QED) is 0.798. The number of hydrogen-bond donors (Lipinski definition) is 0. The lowest BCUT2D eigenvalue weighted by Gasteiger charge is -2.06. The molecular formula is C9H9Cl3O2S.